The third-order valence-corrected chi connectivity index (χ3v) is 4.03. The average molecular weight is 393 g/mol. The maximum absolute atomic E-state index is 11.8. The van der Waals surface area contributed by atoms with Crippen LogP contribution in [-0.4, -0.2) is 18.1 Å². The summed E-state index contributed by atoms with van der Waals surface area (Å²) in [5.74, 6) is 0.529. The molecule has 1 N–H and O–H groups in total. The molecule has 1 rings (SSSR count). The van der Waals surface area contributed by atoms with Crippen LogP contribution in [0.2, 0.25) is 0 Å². The van der Waals surface area contributed by atoms with Gasteiger partial charge in [0.1, 0.15) is 5.75 Å². The molecule has 0 atom stereocenters. The number of hydrogen-bond donors (Lipinski definition) is 1. The van der Waals surface area contributed by atoms with E-state index < -0.39 is 0 Å². The maximum Gasteiger partial charge on any atom is 0.258 e. The van der Waals surface area contributed by atoms with Crippen molar-refractivity contribution in [3.05, 3.63) is 26.6 Å². The second kappa shape index (κ2) is 6.75. The molecule has 3 nitrogen and oxygen atoms in total. The van der Waals surface area contributed by atoms with Crippen molar-refractivity contribution < 1.29 is 9.53 Å². The number of benzene rings is 1. The first kappa shape index (κ1) is 16.5. The van der Waals surface area contributed by atoms with E-state index in [4.69, 9.17) is 4.74 Å². The Labute approximate surface area is 131 Å². The molecule has 5 heteroatoms. The molecule has 0 spiro atoms. The van der Waals surface area contributed by atoms with Crippen molar-refractivity contribution in [2.24, 2.45) is 0 Å². The van der Waals surface area contributed by atoms with Gasteiger partial charge in [-0.05, 0) is 76.7 Å². The molecular formula is C14H19Br2NO2. The Hall–Kier alpha value is -0.550. The van der Waals surface area contributed by atoms with E-state index in [0.717, 1.165) is 20.9 Å². The Morgan fingerprint density at radius 3 is 2.32 bits per heavy atom. The minimum atomic E-state index is -0.206. The first-order valence-corrected chi connectivity index (χ1v) is 7.73. The van der Waals surface area contributed by atoms with Crippen molar-refractivity contribution in [2.75, 3.05) is 6.61 Å². The van der Waals surface area contributed by atoms with Gasteiger partial charge in [0.15, 0.2) is 6.61 Å². The van der Waals surface area contributed by atoms with Crippen LogP contribution in [0.1, 0.15) is 32.8 Å². The molecule has 0 radical (unpaired) electrons. The maximum atomic E-state index is 11.8. The van der Waals surface area contributed by atoms with Gasteiger partial charge in [0, 0.05) is 5.54 Å². The molecule has 0 saturated heterocycles. The van der Waals surface area contributed by atoms with Gasteiger partial charge in [0.25, 0.3) is 5.91 Å². The molecule has 0 bridgehead atoms. The smallest absolute Gasteiger partial charge is 0.258 e. The SMILES string of the molecule is CCC(C)(C)NC(=O)COc1c(Br)cc(C)cc1Br. The quantitative estimate of drug-likeness (QED) is 0.815. The highest BCUT2D eigenvalue weighted by Crippen LogP contribution is 2.34. The zero-order valence-corrected chi connectivity index (χ0v) is 14.8. The van der Waals surface area contributed by atoms with E-state index >= 15 is 0 Å². The summed E-state index contributed by atoms with van der Waals surface area (Å²) < 4.78 is 7.24. The van der Waals surface area contributed by atoms with E-state index in [9.17, 15) is 4.79 Å². The number of carbonyl (C=O) groups excluding carboxylic acids is 1. The van der Waals surface area contributed by atoms with Gasteiger partial charge in [-0.3, -0.25) is 4.79 Å². The zero-order chi connectivity index (χ0) is 14.6. The van der Waals surface area contributed by atoms with Gasteiger partial charge in [-0.15, -0.1) is 0 Å². The van der Waals surface area contributed by atoms with Crippen LogP contribution >= 0.6 is 31.9 Å². The second-order valence-electron chi connectivity index (χ2n) is 5.13. The predicted molar refractivity (Wildman–Crippen MR) is 84.6 cm³/mol. The fourth-order valence-corrected chi connectivity index (χ4v) is 3.11. The van der Waals surface area contributed by atoms with E-state index in [1.165, 1.54) is 0 Å². The van der Waals surface area contributed by atoms with Gasteiger partial charge < -0.3 is 10.1 Å². The van der Waals surface area contributed by atoms with Gasteiger partial charge in [0.05, 0.1) is 8.95 Å². The number of nitrogens with one attached hydrogen (secondary N) is 1. The Bertz CT molecular complexity index is 450. The summed E-state index contributed by atoms with van der Waals surface area (Å²) in [6.07, 6.45) is 0.872. The second-order valence-corrected chi connectivity index (χ2v) is 6.84. The molecule has 0 saturated carbocycles. The van der Waals surface area contributed by atoms with Crippen LogP contribution < -0.4 is 10.1 Å². The van der Waals surface area contributed by atoms with Crippen molar-refractivity contribution in [1.82, 2.24) is 5.32 Å². The van der Waals surface area contributed by atoms with Crippen LogP contribution in [0, 0.1) is 6.92 Å². The Morgan fingerprint density at radius 2 is 1.84 bits per heavy atom. The normalized spacial score (nSPS) is 11.3. The van der Waals surface area contributed by atoms with Crippen LogP contribution in [0.15, 0.2) is 21.1 Å². The molecule has 0 aliphatic heterocycles. The van der Waals surface area contributed by atoms with E-state index in [-0.39, 0.29) is 18.1 Å². The highest BCUT2D eigenvalue weighted by molar-refractivity contribution is 9.11. The molecule has 0 fully saturated rings. The summed E-state index contributed by atoms with van der Waals surface area (Å²) in [5.41, 5.74) is 0.907. The molecule has 0 aromatic heterocycles. The topological polar surface area (TPSA) is 38.3 Å². The lowest BCUT2D eigenvalue weighted by molar-refractivity contribution is -0.124. The van der Waals surface area contributed by atoms with Gasteiger partial charge >= 0.3 is 0 Å². The van der Waals surface area contributed by atoms with Gasteiger partial charge in [-0.1, -0.05) is 6.92 Å². The third-order valence-electron chi connectivity index (χ3n) is 2.85. The first-order valence-electron chi connectivity index (χ1n) is 6.14. The molecular weight excluding hydrogens is 374 g/mol. The number of rotatable bonds is 5. The Morgan fingerprint density at radius 1 is 1.32 bits per heavy atom. The highest BCUT2D eigenvalue weighted by atomic mass is 79.9. The molecule has 0 heterocycles. The summed E-state index contributed by atoms with van der Waals surface area (Å²) >= 11 is 6.87. The van der Waals surface area contributed by atoms with Crippen molar-refractivity contribution in [3.8, 4) is 5.75 Å². The standard InChI is InChI=1S/C14H19Br2NO2/c1-5-14(3,4)17-12(18)8-19-13-10(15)6-9(2)7-11(13)16/h6-7H,5,8H2,1-4H3,(H,17,18). The average Bonchev–Trinajstić information content (AvgIpc) is 2.26. The van der Waals surface area contributed by atoms with E-state index in [2.05, 4.69) is 37.2 Å². The van der Waals surface area contributed by atoms with Crippen molar-refractivity contribution in [1.29, 1.82) is 0 Å². The fraction of sp³-hybridized carbons (Fsp3) is 0.500. The molecule has 1 aromatic carbocycles. The number of aryl methyl sites for hydroxylation is 1. The Balaban J connectivity index is 2.65. The number of hydrogen-bond acceptors (Lipinski definition) is 2. The summed E-state index contributed by atoms with van der Waals surface area (Å²) in [4.78, 5) is 11.8. The van der Waals surface area contributed by atoms with Gasteiger partial charge in [0.2, 0.25) is 0 Å². The van der Waals surface area contributed by atoms with E-state index in [1.807, 2.05) is 39.8 Å². The van der Waals surface area contributed by atoms with Gasteiger partial charge in [-0.25, -0.2) is 0 Å². The lowest BCUT2D eigenvalue weighted by Crippen LogP contribution is -2.44. The van der Waals surface area contributed by atoms with E-state index in [0.29, 0.717) is 5.75 Å². The highest BCUT2D eigenvalue weighted by Gasteiger charge is 2.18. The number of ether oxygens (including phenoxy) is 1. The largest absolute Gasteiger partial charge is 0.481 e. The van der Waals surface area contributed by atoms with Crippen LogP contribution in [-0.2, 0) is 4.79 Å². The van der Waals surface area contributed by atoms with Crippen molar-refractivity contribution >= 4 is 37.8 Å². The summed E-state index contributed by atoms with van der Waals surface area (Å²) in [6, 6.07) is 3.90. The zero-order valence-electron chi connectivity index (χ0n) is 11.6. The van der Waals surface area contributed by atoms with Crippen molar-refractivity contribution in [2.45, 2.75) is 39.7 Å². The fourth-order valence-electron chi connectivity index (χ4n) is 1.46. The van der Waals surface area contributed by atoms with E-state index in [1.54, 1.807) is 0 Å². The lowest BCUT2D eigenvalue weighted by atomic mass is 10.0. The molecule has 1 amide bonds. The monoisotopic (exact) mass is 391 g/mol. The number of carbonyl (C=O) groups is 1. The van der Waals surface area contributed by atoms with Crippen LogP contribution in [0.25, 0.3) is 0 Å². The Kier molecular flexibility index (Phi) is 5.86. The van der Waals surface area contributed by atoms with Gasteiger partial charge in [-0.2, -0.15) is 0 Å². The molecule has 0 aliphatic rings. The number of amides is 1. The minimum Gasteiger partial charge on any atom is -0.481 e. The summed E-state index contributed by atoms with van der Waals surface area (Å²) in [5, 5.41) is 2.93. The molecule has 0 unspecified atom stereocenters. The van der Waals surface area contributed by atoms with Crippen LogP contribution in [0.4, 0.5) is 0 Å². The predicted octanol–water partition coefficient (Wildman–Crippen LogP) is 4.20. The molecule has 1 aromatic rings. The van der Waals surface area contributed by atoms with Crippen LogP contribution in [0.3, 0.4) is 0 Å². The first-order chi connectivity index (χ1) is 8.75. The summed E-state index contributed by atoms with van der Waals surface area (Å²) in [7, 11) is 0. The molecule has 19 heavy (non-hydrogen) atoms. The lowest BCUT2D eigenvalue weighted by Gasteiger charge is -2.24. The molecule has 106 valence electrons. The number of halogens is 2. The minimum absolute atomic E-state index is 0.00366. The molecule has 0 aliphatic carbocycles. The van der Waals surface area contributed by atoms with Crippen LogP contribution in [0.5, 0.6) is 5.75 Å². The van der Waals surface area contributed by atoms with Crippen molar-refractivity contribution in [3.63, 3.8) is 0 Å². The summed E-state index contributed by atoms with van der Waals surface area (Å²) in [6.45, 7) is 8.01. The third kappa shape index (κ3) is 5.15.